The SMILES string of the molecule is COCc1c(CNC(C)C)sc2c(OC)cccc12. The van der Waals surface area contributed by atoms with Gasteiger partial charge in [-0.2, -0.15) is 0 Å². The summed E-state index contributed by atoms with van der Waals surface area (Å²) in [6.07, 6.45) is 0. The number of hydrogen-bond acceptors (Lipinski definition) is 4. The fourth-order valence-corrected chi connectivity index (χ4v) is 3.34. The van der Waals surface area contributed by atoms with E-state index >= 15 is 0 Å². The van der Waals surface area contributed by atoms with Gasteiger partial charge >= 0.3 is 0 Å². The highest BCUT2D eigenvalue weighted by Gasteiger charge is 2.14. The van der Waals surface area contributed by atoms with Gasteiger partial charge in [0.15, 0.2) is 0 Å². The molecule has 0 atom stereocenters. The number of fused-ring (bicyclic) bond motifs is 1. The van der Waals surface area contributed by atoms with E-state index in [-0.39, 0.29) is 0 Å². The first-order chi connectivity index (χ1) is 9.17. The molecule has 1 heterocycles. The van der Waals surface area contributed by atoms with Crippen LogP contribution in [0.1, 0.15) is 24.3 Å². The molecule has 0 saturated heterocycles. The molecule has 0 spiro atoms. The molecular weight excluding hydrogens is 258 g/mol. The maximum Gasteiger partial charge on any atom is 0.136 e. The highest BCUT2D eigenvalue weighted by molar-refractivity contribution is 7.19. The van der Waals surface area contributed by atoms with Crippen LogP contribution >= 0.6 is 11.3 Å². The number of thiophene rings is 1. The number of rotatable bonds is 6. The molecule has 0 saturated carbocycles. The summed E-state index contributed by atoms with van der Waals surface area (Å²) in [5, 5.41) is 4.72. The van der Waals surface area contributed by atoms with Crippen molar-refractivity contribution in [2.75, 3.05) is 14.2 Å². The maximum absolute atomic E-state index is 5.45. The second kappa shape index (κ2) is 6.37. The van der Waals surface area contributed by atoms with Crippen molar-refractivity contribution in [1.82, 2.24) is 5.32 Å². The van der Waals surface area contributed by atoms with E-state index in [2.05, 4.69) is 25.2 Å². The molecular formula is C15H21NO2S. The van der Waals surface area contributed by atoms with Gasteiger partial charge in [-0.3, -0.25) is 0 Å². The minimum atomic E-state index is 0.475. The first kappa shape index (κ1) is 14.3. The lowest BCUT2D eigenvalue weighted by molar-refractivity contribution is 0.185. The lowest BCUT2D eigenvalue weighted by Crippen LogP contribution is -2.21. The summed E-state index contributed by atoms with van der Waals surface area (Å²) in [4.78, 5) is 1.33. The summed E-state index contributed by atoms with van der Waals surface area (Å²) >= 11 is 1.79. The van der Waals surface area contributed by atoms with Crippen LogP contribution < -0.4 is 10.1 Å². The monoisotopic (exact) mass is 279 g/mol. The van der Waals surface area contributed by atoms with Crippen LogP contribution in [0.2, 0.25) is 0 Å². The highest BCUT2D eigenvalue weighted by atomic mass is 32.1. The third kappa shape index (κ3) is 3.08. The Bertz CT molecular complexity index is 548. The Balaban J connectivity index is 2.46. The quantitative estimate of drug-likeness (QED) is 0.877. The zero-order valence-corrected chi connectivity index (χ0v) is 12.8. The van der Waals surface area contributed by atoms with Crippen molar-refractivity contribution < 1.29 is 9.47 Å². The summed E-state index contributed by atoms with van der Waals surface area (Å²) < 4.78 is 12.0. The van der Waals surface area contributed by atoms with Crippen LogP contribution in [0.5, 0.6) is 5.75 Å². The predicted molar refractivity (Wildman–Crippen MR) is 81.1 cm³/mol. The summed E-state index contributed by atoms with van der Waals surface area (Å²) in [5.74, 6) is 0.940. The number of methoxy groups -OCH3 is 2. The summed E-state index contributed by atoms with van der Waals surface area (Å²) in [5.41, 5.74) is 1.27. The molecule has 2 rings (SSSR count). The molecule has 0 unspecified atom stereocenters. The fraction of sp³-hybridized carbons (Fsp3) is 0.467. The average Bonchev–Trinajstić information content (AvgIpc) is 2.75. The molecule has 0 aliphatic rings. The Labute approximate surface area is 118 Å². The molecule has 0 aliphatic carbocycles. The molecule has 0 amide bonds. The molecule has 0 fully saturated rings. The van der Waals surface area contributed by atoms with Gasteiger partial charge in [0.25, 0.3) is 0 Å². The van der Waals surface area contributed by atoms with Crippen LogP contribution in [0.25, 0.3) is 10.1 Å². The number of nitrogens with one attached hydrogen (secondary N) is 1. The van der Waals surface area contributed by atoms with E-state index in [0.29, 0.717) is 12.6 Å². The molecule has 19 heavy (non-hydrogen) atoms. The van der Waals surface area contributed by atoms with E-state index in [0.717, 1.165) is 12.3 Å². The van der Waals surface area contributed by atoms with Gasteiger partial charge in [0.05, 0.1) is 18.4 Å². The van der Waals surface area contributed by atoms with Crippen molar-refractivity contribution in [1.29, 1.82) is 0 Å². The van der Waals surface area contributed by atoms with Crippen LogP contribution in [-0.2, 0) is 17.9 Å². The molecule has 4 heteroatoms. The fourth-order valence-electron chi connectivity index (χ4n) is 2.10. The summed E-state index contributed by atoms with van der Waals surface area (Å²) in [7, 11) is 3.46. The molecule has 3 nitrogen and oxygen atoms in total. The first-order valence-electron chi connectivity index (χ1n) is 6.47. The Morgan fingerprint density at radius 3 is 2.68 bits per heavy atom. The molecule has 0 bridgehead atoms. The smallest absolute Gasteiger partial charge is 0.136 e. The lowest BCUT2D eigenvalue weighted by Gasteiger charge is -2.08. The Hall–Kier alpha value is -1.10. The Morgan fingerprint density at radius 2 is 2.05 bits per heavy atom. The number of ether oxygens (including phenoxy) is 2. The molecule has 1 aromatic heterocycles. The topological polar surface area (TPSA) is 30.5 Å². The second-order valence-electron chi connectivity index (χ2n) is 4.81. The Morgan fingerprint density at radius 1 is 1.26 bits per heavy atom. The van der Waals surface area contributed by atoms with Gasteiger partial charge in [-0.25, -0.2) is 0 Å². The minimum Gasteiger partial charge on any atom is -0.495 e. The normalized spacial score (nSPS) is 11.4. The van der Waals surface area contributed by atoms with Crippen molar-refractivity contribution in [2.24, 2.45) is 0 Å². The first-order valence-corrected chi connectivity index (χ1v) is 7.28. The molecule has 0 radical (unpaired) electrons. The molecule has 1 N–H and O–H groups in total. The third-order valence-electron chi connectivity index (χ3n) is 3.05. The standard InChI is InChI=1S/C15H21NO2S/c1-10(2)16-8-14-12(9-17-3)11-6-5-7-13(18-4)15(11)19-14/h5-7,10,16H,8-9H2,1-4H3. The maximum atomic E-state index is 5.45. The molecule has 2 aromatic rings. The van der Waals surface area contributed by atoms with Crippen LogP contribution in [0, 0.1) is 0 Å². The van der Waals surface area contributed by atoms with Gasteiger partial charge in [-0.05, 0) is 6.07 Å². The largest absolute Gasteiger partial charge is 0.495 e. The number of hydrogen-bond donors (Lipinski definition) is 1. The van der Waals surface area contributed by atoms with Crippen molar-refractivity contribution >= 4 is 21.4 Å². The van der Waals surface area contributed by atoms with E-state index in [9.17, 15) is 0 Å². The lowest BCUT2D eigenvalue weighted by atomic mass is 10.1. The minimum absolute atomic E-state index is 0.475. The van der Waals surface area contributed by atoms with Gasteiger partial charge in [0.1, 0.15) is 5.75 Å². The Kier molecular flexibility index (Phi) is 4.80. The van der Waals surface area contributed by atoms with Crippen molar-refractivity contribution in [3.8, 4) is 5.75 Å². The molecule has 0 aliphatic heterocycles. The summed E-state index contributed by atoms with van der Waals surface area (Å²) in [6.45, 7) is 5.83. The van der Waals surface area contributed by atoms with Crippen LogP contribution in [0.15, 0.2) is 18.2 Å². The molecule has 104 valence electrons. The van der Waals surface area contributed by atoms with E-state index < -0.39 is 0 Å². The average molecular weight is 279 g/mol. The van der Waals surface area contributed by atoms with E-state index in [1.54, 1.807) is 25.6 Å². The van der Waals surface area contributed by atoms with Gasteiger partial charge in [0, 0.05) is 35.5 Å². The summed E-state index contributed by atoms with van der Waals surface area (Å²) in [6, 6.07) is 6.66. The van der Waals surface area contributed by atoms with Gasteiger partial charge in [0.2, 0.25) is 0 Å². The van der Waals surface area contributed by atoms with Crippen LogP contribution in [0.3, 0.4) is 0 Å². The molecule has 1 aromatic carbocycles. The third-order valence-corrected chi connectivity index (χ3v) is 4.31. The van der Waals surface area contributed by atoms with Gasteiger partial charge in [-0.1, -0.05) is 26.0 Å². The van der Waals surface area contributed by atoms with Crippen LogP contribution in [0.4, 0.5) is 0 Å². The van der Waals surface area contributed by atoms with E-state index in [4.69, 9.17) is 9.47 Å². The highest BCUT2D eigenvalue weighted by Crippen LogP contribution is 2.37. The van der Waals surface area contributed by atoms with Gasteiger partial charge < -0.3 is 14.8 Å². The van der Waals surface area contributed by atoms with E-state index in [1.807, 2.05) is 12.1 Å². The predicted octanol–water partition coefficient (Wildman–Crippen LogP) is 3.55. The number of benzene rings is 1. The van der Waals surface area contributed by atoms with E-state index in [1.165, 1.54) is 20.5 Å². The van der Waals surface area contributed by atoms with Crippen molar-refractivity contribution in [3.05, 3.63) is 28.6 Å². The zero-order valence-electron chi connectivity index (χ0n) is 11.9. The van der Waals surface area contributed by atoms with Crippen molar-refractivity contribution in [2.45, 2.75) is 33.0 Å². The second-order valence-corrected chi connectivity index (χ2v) is 5.91. The van der Waals surface area contributed by atoms with Crippen molar-refractivity contribution in [3.63, 3.8) is 0 Å². The van der Waals surface area contributed by atoms with Gasteiger partial charge in [-0.15, -0.1) is 11.3 Å². The zero-order chi connectivity index (χ0) is 13.8. The van der Waals surface area contributed by atoms with Crippen LogP contribution in [-0.4, -0.2) is 20.3 Å².